The number of alkyl halides is 1. The lowest BCUT2D eigenvalue weighted by Crippen LogP contribution is -2.03. The van der Waals surface area contributed by atoms with E-state index < -0.39 is 0 Å². The lowest BCUT2D eigenvalue weighted by molar-refractivity contribution is 0.676. The number of hydrogen-bond acceptors (Lipinski definition) is 0. The van der Waals surface area contributed by atoms with Gasteiger partial charge in [0.15, 0.2) is 0 Å². The van der Waals surface area contributed by atoms with Gasteiger partial charge < -0.3 is 0 Å². The Morgan fingerprint density at radius 1 is 1.25 bits per heavy atom. The molecule has 88 valence electrons. The summed E-state index contributed by atoms with van der Waals surface area (Å²) in [7, 11) is 0. The fraction of sp³-hybridized carbons (Fsp3) is 0.600. The Morgan fingerprint density at radius 3 is 2.56 bits per heavy atom. The minimum atomic E-state index is 0.412. The predicted octanol–water partition coefficient (Wildman–Crippen LogP) is 4.59. The second-order valence-corrected chi connectivity index (χ2v) is 5.52. The first-order valence-electron chi connectivity index (χ1n) is 6.51. The smallest absolute Gasteiger partial charge is 0.0367 e. The van der Waals surface area contributed by atoms with Crippen molar-refractivity contribution >= 4 is 11.6 Å². The van der Waals surface area contributed by atoms with Crippen molar-refractivity contribution in [3.05, 3.63) is 35.4 Å². The van der Waals surface area contributed by atoms with E-state index in [-0.39, 0.29) is 0 Å². The average Bonchev–Trinajstić information content (AvgIpc) is 3.11. The van der Waals surface area contributed by atoms with Crippen molar-refractivity contribution in [3.8, 4) is 0 Å². The zero-order valence-corrected chi connectivity index (χ0v) is 10.8. The van der Waals surface area contributed by atoms with Gasteiger partial charge in [0.25, 0.3) is 0 Å². The average molecular weight is 237 g/mol. The minimum absolute atomic E-state index is 0.412. The summed E-state index contributed by atoms with van der Waals surface area (Å²) in [5, 5.41) is 0.412. The molecule has 1 aromatic rings. The van der Waals surface area contributed by atoms with E-state index in [2.05, 4.69) is 31.2 Å². The Bertz CT molecular complexity index is 328. The standard InChI is InChI=1S/C15H21Cl/c1-2-4-12-5-3-6-13(11-12)7-10-15(16)14-8-9-14/h3,5-6,11,14-15H,2,4,7-10H2,1H3. The van der Waals surface area contributed by atoms with Gasteiger partial charge in [0.05, 0.1) is 0 Å². The first-order chi connectivity index (χ1) is 7.79. The summed E-state index contributed by atoms with van der Waals surface area (Å²) < 4.78 is 0. The van der Waals surface area contributed by atoms with Gasteiger partial charge in [-0.3, -0.25) is 0 Å². The molecule has 0 spiro atoms. The fourth-order valence-corrected chi connectivity index (χ4v) is 2.59. The van der Waals surface area contributed by atoms with Crippen molar-refractivity contribution in [1.29, 1.82) is 0 Å². The Morgan fingerprint density at radius 2 is 1.94 bits per heavy atom. The Labute approximate surface area is 104 Å². The highest BCUT2D eigenvalue weighted by molar-refractivity contribution is 6.20. The predicted molar refractivity (Wildman–Crippen MR) is 71.1 cm³/mol. The van der Waals surface area contributed by atoms with E-state index in [1.807, 2.05) is 0 Å². The molecule has 0 aromatic heterocycles. The molecule has 1 saturated carbocycles. The molecule has 1 unspecified atom stereocenters. The van der Waals surface area contributed by atoms with Crippen LogP contribution in [0.3, 0.4) is 0 Å². The zero-order valence-electron chi connectivity index (χ0n) is 10.1. The molecule has 16 heavy (non-hydrogen) atoms. The van der Waals surface area contributed by atoms with Crippen molar-refractivity contribution in [2.45, 2.75) is 50.8 Å². The summed E-state index contributed by atoms with van der Waals surface area (Å²) in [5.41, 5.74) is 2.93. The van der Waals surface area contributed by atoms with Crippen molar-refractivity contribution in [3.63, 3.8) is 0 Å². The topological polar surface area (TPSA) is 0 Å². The molecule has 0 nitrogen and oxygen atoms in total. The van der Waals surface area contributed by atoms with Gasteiger partial charge in [0.1, 0.15) is 0 Å². The van der Waals surface area contributed by atoms with Crippen LogP contribution < -0.4 is 0 Å². The number of halogens is 1. The van der Waals surface area contributed by atoms with E-state index in [9.17, 15) is 0 Å². The van der Waals surface area contributed by atoms with Crippen LogP contribution in [0.5, 0.6) is 0 Å². The molecule has 0 N–H and O–H groups in total. The molecule has 0 amide bonds. The normalized spacial score (nSPS) is 17.4. The molecule has 1 fully saturated rings. The monoisotopic (exact) mass is 236 g/mol. The zero-order chi connectivity index (χ0) is 11.4. The van der Waals surface area contributed by atoms with Crippen LogP contribution in [-0.2, 0) is 12.8 Å². The molecular weight excluding hydrogens is 216 g/mol. The molecule has 0 heterocycles. The molecule has 1 atom stereocenters. The summed E-state index contributed by atoms with van der Waals surface area (Å²) in [6.45, 7) is 2.23. The molecule has 0 bridgehead atoms. The first kappa shape index (κ1) is 12.0. The van der Waals surface area contributed by atoms with Crippen molar-refractivity contribution in [2.24, 2.45) is 5.92 Å². The number of benzene rings is 1. The second-order valence-electron chi connectivity index (χ2n) is 4.96. The first-order valence-corrected chi connectivity index (χ1v) is 6.95. The summed E-state index contributed by atoms with van der Waals surface area (Å²) in [6, 6.07) is 8.99. The molecule has 0 aliphatic heterocycles. The van der Waals surface area contributed by atoms with Gasteiger partial charge in [-0.1, -0.05) is 37.6 Å². The summed E-state index contributed by atoms with van der Waals surface area (Å²) in [5.74, 6) is 0.820. The van der Waals surface area contributed by atoms with Crippen LogP contribution in [0.1, 0.15) is 43.7 Å². The van der Waals surface area contributed by atoms with Crippen molar-refractivity contribution in [1.82, 2.24) is 0 Å². The molecule has 1 aromatic carbocycles. The highest BCUT2D eigenvalue weighted by atomic mass is 35.5. The molecule has 1 heteroatoms. The van der Waals surface area contributed by atoms with E-state index in [0.29, 0.717) is 5.38 Å². The van der Waals surface area contributed by atoms with Crippen LogP contribution in [0, 0.1) is 5.92 Å². The lowest BCUT2D eigenvalue weighted by atomic mass is 10.0. The maximum Gasteiger partial charge on any atom is 0.0367 e. The molecule has 1 aliphatic carbocycles. The number of aryl methyl sites for hydroxylation is 2. The summed E-state index contributed by atoms with van der Waals surface area (Å²) >= 11 is 6.33. The van der Waals surface area contributed by atoms with Crippen LogP contribution in [-0.4, -0.2) is 5.38 Å². The second kappa shape index (κ2) is 5.72. The Hall–Kier alpha value is -0.490. The van der Waals surface area contributed by atoms with Crippen LogP contribution in [0.25, 0.3) is 0 Å². The van der Waals surface area contributed by atoms with Gasteiger partial charge in [-0.05, 0) is 49.1 Å². The van der Waals surface area contributed by atoms with Gasteiger partial charge in [0, 0.05) is 5.38 Å². The lowest BCUT2D eigenvalue weighted by Gasteiger charge is -2.08. The van der Waals surface area contributed by atoms with Crippen LogP contribution >= 0.6 is 11.6 Å². The van der Waals surface area contributed by atoms with Gasteiger partial charge in [0.2, 0.25) is 0 Å². The van der Waals surface area contributed by atoms with Crippen LogP contribution in [0.2, 0.25) is 0 Å². The summed E-state index contributed by atoms with van der Waals surface area (Å²) in [4.78, 5) is 0. The van der Waals surface area contributed by atoms with Crippen molar-refractivity contribution < 1.29 is 0 Å². The molecule has 0 saturated heterocycles. The highest BCUT2D eigenvalue weighted by Gasteiger charge is 2.29. The molecule has 1 aliphatic rings. The third kappa shape index (κ3) is 3.52. The van der Waals surface area contributed by atoms with Crippen LogP contribution in [0.15, 0.2) is 24.3 Å². The molecular formula is C15H21Cl. The van der Waals surface area contributed by atoms with Gasteiger partial charge in [-0.15, -0.1) is 11.6 Å². The maximum absolute atomic E-state index is 6.33. The SMILES string of the molecule is CCCc1cccc(CCC(Cl)C2CC2)c1. The fourth-order valence-electron chi connectivity index (χ4n) is 2.23. The summed E-state index contributed by atoms with van der Waals surface area (Å²) in [6.07, 6.45) is 7.41. The molecule has 2 rings (SSSR count). The van der Waals surface area contributed by atoms with E-state index in [1.165, 1.54) is 36.8 Å². The van der Waals surface area contributed by atoms with Crippen LogP contribution in [0.4, 0.5) is 0 Å². The van der Waals surface area contributed by atoms with Gasteiger partial charge >= 0.3 is 0 Å². The van der Waals surface area contributed by atoms with E-state index in [4.69, 9.17) is 11.6 Å². The third-order valence-electron chi connectivity index (χ3n) is 3.37. The Kier molecular flexibility index (Phi) is 4.29. The maximum atomic E-state index is 6.33. The quantitative estimate of drug-likeness (QED) is 0.634. The van der Waals surface area contributed by atoms with E-state index >= 15 is 0 Å². The highest BCUT2D eigenvalue weighted by Crippen LogP contribution is 2.37. The van der Waals surface area contributed by atoms with Crippen molar-refractivity contribution in [2.75, 3.05) is 0 Å². The van der Waals surface area contributed by atoms with E-state index in [1.54, 1.807) is 0 Å². The number of rotatable bonds is 6. The molecule has 0 radical (unpaired) electrons. The van der Waals surface area contributed by atoms with Gasteiger partial charge in [-0.25, -0.2) is 0 Å². The third-order valence-corrected chi connectivity index (χ3v) is 3.95. The van der Waals surface area contributed by atoms with E-state index in [0.717, 1.165) is 18.8 Å². The number of hydrogen-bond donors (Lipinski definition) is 0. The Balaban J connectivity index is 1.85. The largest absolute Gasteiger partial charge is 0.123 e. The van der Waals surface area contributed by atoms with Gasteiger partial charge in [-0.2, -0.15) is 0 Å². The minimum Gasteiger partial charge on any atom is -0.123 e.